The predicted molar refractivity (Wildman–Crippen MR) is 92.4 cm³/mol. The molecule has 8 nitrogen and oxygen atoms in total. The van der Waals surface area contributed by atoms with Gasteiger partial charge in [-0.15, -0.1) is 0 Å². The van der Waals surface area contributed by atoms with E-state index in [4.69, 9.17) is 0 Å². The molecule has 2 N–H and O–H groups in total. The van der Waals surface area contributed by atoms with E-state index in [-0.39, 0.29) is 23.9 Å². The summed E-state index contributed by atoms with van der Waals surface area (Å²) in [4.78, 5) is 32.2. The fraction of sp³-hybridized carbons (Fsp3) is 0.444. The second-order valence-electron chi connectivity index (χ2n) is 6.95. The Morgan fingerprint density at radius 3 is 2.85 bits per heavy atom. The molecule has 4 rings (SSSR count). The van der Waals surface area contributed by atoms with E-state index in [0.29, 0.717) is 43.9 Å². The van der Waals surface area contributed by atoms with Gasteiger partial charge in [0, 0.05) is 31.4 Å². The van der Waals surface area contributed by atoms with Crippen LogP contribution in [0.2, 0.25) is 0 Å². The molecular formula is C18H20FN5O3. The van der Waals surface area contributed by atoms with Crippen molar-refractivity contribution in [3.8, 4) is 0 Å². The lowest BCUT2D eigenvalue weighted by Gasteiger charge is -2.30. The molecule has 1 unspecified atom stereocenters. The standard InChI is InChI=1S/C18H20FN5O3/c19-12-6-11(7-20-8-12)17(26)24-5-3-14-15(10-24)21-22-16(14)18(27)23-4-1-2-13(25)9-23/h6-8,13,25H,1-5,9-10H2,(H,21,22). The number of carbonyl (C=O) groups is 2. The second-order valence-corrected chi connectivity index (χ2v) is 6.95. The van der Waals surface area contributed by atoms with E-state index >= 15 is 0 Å². The minimum atomic E-state index is -0.559. The Kier molecular flexibility index (Phi) is 4.61. The number of piperidine rings is 1. The van der Waals surface area contributed by atoms with Crippen molar-refractivity contribution in [2.45, 2.75) is 31.9 Å². The first-order chi connectivity index (χ1) is 13.0. The first-order valence-electron chi connectivity index (χ1n) is 8.96. The SMILES string of the molecule is O=C(c1cncc(F)c1)N1CCc2c(C(=O)N3CCCC(O)C3)n[nH]c2C1. The zero-order valence-corrected chi connectivity index (χ0v) is 14.7. The number of H-pyrrole nitrogens is 1. The molecule has 0 aromatic carbocycles. The number of aromatic nitrogens is 3. The Balaban J connectivity index is 1.50. The van der Waals surface area contributed by atoms with E-state index in [9.17, 15) is 19.1 Å². The number of fused-ring (bicyclic) bond motifs is 1. The monoisotopic (exact) mass is 373 g/mol. The van der Waals surface area contributed by atoms with Crippen LogP contribution in [0.3, 0.4) is 0 Å². The number of aliphatic hydroxyl groups is 1. The van der Waals surface area contributed by atoms with E-state index in [0.717, 1.165) is 24.2 Å². The summed E-state index contributed by atoms with van der Waals surface area (Å²) in [5.41, 5.74) is 2.07. The summed E-state index contributed by atoms with van der Waals surface area (Å²) in [6.07, 6.45) is 3.85. The van der Waals surface area contributed by atoms with Gasteiger partial charge in [-0.05, 0) is 25.3 Å². The van der Waals surface area contributed by atoms with E-state index in [1.165, 1.54) is 6.20 Å². The van der Waals surface area contributed by atoms with E-state index < -0.39 is 11.9 Å². The number of rotatable bonds is 2. The van der Waals surface area contributed by atoms with Gasteiger partial charge in [-0.1, -0.05) is 0 Å². The van der Waals surface area contributed by atoms with Crippen molar-refractivity contribution in [3.05, 3.63) is 46.8 Å². The maximum atomic E-state index is 13.3. The largest absolute Gasteiger partial charge is 0.391 e. The minimum Gasteiger partial charge on any atom is -0.391 e. The highest BCUT2D eigenvalue weighted by atomic mass is 19.1. The number of aliphatic hydroxyl groups excluding tert-OH is 1. The van der Waals surface area contributed by atoms with Crippen molar-refractivity contribution in [2.24, 2.45) is 0 Å². The fourth-order valence-corrected chi connectivity index (χ4v) is 3.67. The number of carbonyl (C=O) groups excluding carboxylic acids is 2. The first-order valence-corrected chi connectivity index (χ1v) is 8.96. The molecule has 2 aliphatic rings. The zero-order chi connectivity index (χ0) is 19.0. The van der Waals surface area contributed by atoms with Gasteiger partial charge in [0.15, 0.2) is 5.69 Å². The molecule has 2 aliphatic heterocycles. The van der Waals surface area contributed by atoms with Crippen molar-refractivity contribution in [3.63, 3.8) is 0 Å². The summed E-state index contributed by atoms with van der Waals surface area (Å²) >= 11 is 0. The molecule has 1 fully saturated rings. The molecular weight excluding hydrogens is 353 g/mol. The normalized spacial score (nSPS) is 19.7. The zero-order valence-electron chi connectivity index (χ0n) is 14.7. The van der Waals surface area contributed by atoms with Gasteiger partial charge in [0.2, 0.25) is 0 Å². The number of hydrogen-bond acceptors (Lipinski definition) is 5. The number of nitrogens with zero attached hydrogens (tertiary/aromatic N) is 4. The summed E-state index contributed by atoms with van der Waals surface area (Å²) in [6.45, 7) is 1.60. The number of likely N-dealkylation sites (tertiary alicyclic amines) is 1. The van der Waals surface area contributed by atoms with E-state index in [1.54, 1.807) is 9.80 Å². The Hall–Kier alpha value is -2.81. The quantitative estimate of drug-likeness (QED) is 0.808. The molecule has 2 aromatic rings. The Morgan fingerprint density at radius 2 is 2.07 bits per heavy atom. The number of nitrogens with one attached hydrogen (secondary N) is 1. The number of β-amino-alcohol motifs (C(OH)–C–C–N with tert-alkyl or cyclic N) is 1. The molecule has 0 spiro atoms. The van der Waals surface area contributed by atoms with E-state index in [1.807, 2.05) is 0 Å². The Morgan fingerprint density at radius 1 is 1.22 bits per heavy atom. The first kappa shape index (κ1) is 17.6. The highest BCUT2D eigenvalue weighted by Gasteiger charge is 2.31. The van der Waals surface area contributed by atoms with Gasteiger partial charge >= 0.3 is 0 Å². The molecule has 1 saturated heterocycles. The van der Waals surface area contributed by atoms with Gasteiger partial charge in [-0.3, -0.25) is 19.7 Å². The van der Waals surface area contributed by atoms with Crippen LogP contribution in [0.25, 0.3) is 0 Å². The smallest absolute Gasteiger partial charge is 0.274 e. The average Bonchev–Trinajstić information content (AvgIpc) is 3.10. The van der Waals surface area contributed by atoms with E-state index in [2.05, 4.69) is 15.2 Å². The third-order valence-corrected chi connectivity index (χ3v) is 5.06. The Bertz CT molecular complexity index is 884. The number of aromatic amines is 1. The lowest BCUT2D eigenvalue weighted by molar-refractivity contribution is 0.0467. The predicted octanol–water partition coefficient (Wildman–Crippen LogP) is 0.739. The van der Waals surface area contributed by atoms with Gasteiger partial charge in [0.05, 0.1) is 30.1 Å². The van der Waals surface area contributed by atoms with Crippen molar-refractivity contribution >= 4 is 11.8 Å². The fourth-order valence-electron chi connectivity index (χ4n) is 3.67. The average molecular weight is 373 g/mol. The van der Waals surface area contributed by atoms with Crippen LogP contribution in [-0.4, -0.2) is 67.6 Å². The van der Waals surface area contributed by atoms with Crippen molar-refractivity contribution in [1.29, 1.82) is 0 Å². The summed E-state index contributed by atoms with van der Waals surface area (Å²) in [5.74, 6) is -1.06. The molecule has 2 aromatic heterocycles. The number of amides is 2. The van der Waals surface area contributed by atoms with Gasteiger partial charge in [0.25, 0.3) is 11.8 Å². The molecule has 1 atom stereocenters. The summed E-state index contributed by atoms with van der Waals surface area (Å²) in [6, 6.07) is 1.16. The third-order valence-electron chi connectivity index (χ3n) is 5.06. The van der Waals surface area contributed by atoms with Gasteiger partial charge < -0.3 is 14.9 Å². The van der Waals surface area contributed by atoms with Crippen LogP contribution >= 0.6 is 0 Å². The van der Waals surface area contributed by atoms with Crippen LogP contribution in [0.1, 0.15) is 44.9 Å². The summed E-state index contributed by atoms with van der Waals surface area (Å²) in [7, 11) is 0. The third kappa shape index (κ3) is 3.42. The van der Waals surface area contributed by atoms with Gasteiger partial charge in [0.1, 0.15) is 5.82 Å². The van der Waals surface area contributed by atoms with Crippen molar-refractivity contribution in [2.75, 3.05) is 19.6 Å². The molecule has 4 heterocycles. The summed E-state index contributed by atoms with van der Waals surface area (Å²) < 4.78 is 13.3. The molecule has 0 radical (unpaired) electrons. The lowest BCUT2D eigenvalue weighted by atomic mass is 10.0. The number of halogens is 1. The van der Waals surface area contributed by atoms with Crippen LogP contribution < -0.4 is 0 Å². The highest BCUT2D eigenvalue weighted by Crippen LogP contribution is 2.24. The number of hydrogen-bond donors (Lipinski definition) is 2. The van der Waals surface area contributed by atoms with Gasteiger partial charge in [-0.25, -0.2) is 4.39 Å². The van der Waals surface area contributed by atoms with Crippen LogP contribution in [0.15, 0.2) is 18.5 Å². The van der Waals surface area contributed by atoms with Crippen molar-refractivity contribution in [1.82, 2.24) is 25.0 Å². The molecule has 0 aliphatic carbocycles. The van der Waals surface area contributed by atoms with Gasteiger partial charge in [-0.2, -0.15) is 5.10 Å². The maximum Gasteiger partial charge on any atom is 0.274 e. The molecule has 27 heavy (non-hydrogen) atoms. The lowest BCUT2D eigenvalue weighted by Crippen LogP contribution is -2.43. The van der Waals surface area contributed by atoms with Crippen LogP contribution in [0, 0.1) is 5.82 Å². The van der Waals surface area contributed by atoms with Crippen molar-refractivity contribution < 1.29 is 19.1 Å². The maximum absolute atomic E-state index is 13.3. The molecule has 9 heteroatoms. The highest BCUT2D eigenvalue weighted by molar-refractivity contribution is 5.95. The molecule has 0 bridgehead atoms. The van der Waals surface area contributed by atoms with Crippen LogP contribution in [0.5, 0.6) is 0 Å². The molecule has 142 valence electrons. The molecule has 0 saturated carbocycles. The molecule has 2 amide bonds. The topological polar surface area (TPSA) is 102 Å². The van der Waals surface area contributed by atoms with Crippen LogP contribution in [0.4, 0.5) is 4.39 Å². The second kappa shape index (κ2) is 7.07. The Labute approximate surface area is 155 Å². The summed E-state index contributed by atoms with van der Waals surface area (Å²) in [5, 5.41) is 16.8. The minimum absolute atomic E-state index is 0.191. The van der Waals surface area contributed by atoms with Crippen LogP contribution in [-0.2, 0) is 13.0 Å². The number of pyridine rings is 1.